The van der Waals surface area contributed by atoms with Gasteiger partial charge >= 0.3 is 0 Å². The van der Waals surface area contributed by atoms with Gasteiger partial charge in [0.25, 0.3) is 0 Å². The molecule has 0 aliphatic heterocycles. The number of hydrogen-bond acceptors (Lipinski definition) is 3. The van der Waals surface area contributed by atoms with Crippen molar-refractivity contribution in [1.29, 1.82) is 0 Å². The largest absolute Gasteiger partial charge is 0.325 e. The fraction of sp³-hybridized carbons (Fsp3) is 0.190. The Morgan fingerprint density at radius 1 is 0.923 bits per heavy atom. The van der Waals surface area contributed by atoms with Crippen LogP contribution in [0.4, 0.5) is 11.4 Å². The maximum absolute atomic E-state index is 12.8. The predicted octanol–water partition coefficient (Wildman–Crippen LogP) is 3.90. The van der Waals surface area contributed by atoms with Gasteiger partial charge in [0, 0.05) is 17.3 Å². The SMILES string of the molecule is Cc1ccc(NC(=O)C2(C(=O)Nc3cccc4cccnc34)CC2)cc1. The average Bonchev–Trinajstić information content (AvgIpc) is 3.46. The molecule has 0 spiro atoms. The molecule has 0 saturated heterocycles. The number of amides is 2. The van der Waals surface area contributed by atoms with Gasteiger partial charge in [-0.1, -0.05) is 35.9 Å². The van der Waals surface area contributed by atoms with Gasteiger partial charge in [-0.25, -0.2) is 0 Å². The first-order valence-electron chi connectivity index (χ1n) is 8.62. The summed E-state index contributed by atoms with van der Waals surface area (Å²) in [5.41, 5.74) is 2.17. The van der Waals surface area contributed by atoms with E-state index in [9.17, 15) is 9.59 Å². The van der Waals surface area contributed by atoms with Gasteiger partial charge in [0.05, 0.1) is 11.2 Å². The number of carbonyl (C=O) groups excluding carboxylic acids is 2. The van der Waals surface area contributed by atoms with Crippen LogP contribution in [0, 0.1) is 12.3 Å². The van der Waals surface area contributed by atoms with Crippen LogP contribution < -0.4 is 10.6 Å². The maximum atomic E-state index is 12.8. The van der Waals surface area contributed by atoms with Crippen molar-refractivity contribution in [2.24, 2.45) is 5.41 Å². The first-order chi connectivity index (χ1) is 12.6. The molecule has 0 atom stereocenters. The lowest BCUT2D eigenvalue weighted by Crippen LogP contribution is -2.35. The number of aryl methyl sites for hydroxylation is 1. The Balaban J connectivity index is 1.53. The topological polar surface area (TPSA) is 71.1 Å². The van der Waals surface area contributed by atoms with Crippen molar-refractivity contribution in [3.8, 4) is 0 Å². The van der Waals surface area contributed by atoms with Crippen LogP contribution in [0.3, 0.4) is 0 Å². The zero-order chi connectivity index (χ0) is 18.1. The van der Waals surface area contributed by atoms with E-state index in [4.69, 9.17) is 0 Å². The number of anilines is 2. The number of nitrogens with one attached hydrogen (secondary N) is 2. The quantitative estimate of drug-likeness (QED) is 0.705. The Morgan fingerprint density at radius 2 is 1.62 bits per heavy atom. The average molecular weight is 345 g/mol. The fourth-order valence-corrected chi connectivity index (χ4v) is 3.02. The van der Waals surface area contributed by atoms with E-state index in [1.54, 1.807) is 12.3 Å². The number of para-hydroxylation sites is 1. The number of rotatable bonds is 4. The van der Waals surface area contributed by atoms with Crippen molar-refractivity contribution in [3.05, 3.63) is 66.4 Å². The molecule has 4 rings (SSSR count). The lowest BCUT2D eigenvalue weighted by molar-refractivity contribution is -0.131. The maximum Gasteiger partial charge on any atom is 0.240 e. The molecule has 1 heterocycles. The minimum absolute atomic E-state index is 0.257. The number of fused-ring (bicyclic) bond motifs is 1. The van der Waals surface area contributed by atoms with Crippen LogP contribution in [0.2, 0.25) is 0 Å². The summed E-state index contributed by atoms with van der Waals surface area (Å²) < 4.78 is 0. The van der Waals surface area contributed by atoms with E-state index in [-0.39, 0.29) is 11.8 Å². The van der Waals surface area contributed by atoms with E-state index in [1.807, 2.05) is 55.5 Å². The Hall–Kier alpha value is -3.21. The van der Waals surface area contributed by atoms with Crippen molar-refractivity contribution in [2.75, 3.05) is 10.6 Å². The van der Waals surface area contributed by atoms with Crippen LogP contribution in [0.15, 0.2) is 60.8 Å². The first kappa shape index (κ1) is 16.3. The molecular weight excluding hydrogens is 326 g/mol. The van der Waals surface area contributed by atoms with Crippen molar-refractivity contribution >= 4 is 34.1 Å². The number of benzene rings is 2. The Labute approximate surface area is 151 Å². The number of pyridine rings is 1. The number of hydrogen-bond donors (Lipinski definition) is 2. The number of nitrogens with zero attached hydrogens (tertiary/aromatic N) is 1. The summed E-state index contributed by atoms with van der Waals surface area (Å²) in [5.74, 6) is -0.535. The van der Waals surface area contributed by atoms with Crippen LogP contribution in [0.1, 0.15) is 18.4 Å². The molecule has 2 N–H and O–H groups in total. The highest BCUT2D eigenvalue weighted by Gasteiger charge is 2.56. The van der Waals surface area contributed by atoms with Gasteiger partial charge in [-0.3, -0.25) is 14.6 Å². The predicted molar refractivity (Wildman–Crippen MR) is 102 cm³/mol. The summed E-state index contributed by atoms with van der Waals surface area (Å²) in [4.78, 5) is 29.9. The smallest absolute Gasteiger partial charge is 0.240 e. The van der Waals surface area contributed by atoms with Crippen molar-refractivity contribution in [3.63, 3.8) is 0 Å². The second kappa shape index (κ2) is 6.26. The molecule has 2 aromatic carbocycles. The Bertz CT molecular complexity index is 986. The molecule has 130 valence electrons. The van der Waals surface area contributed by atoms with Crippen LogP contribution in [0.25, 0.3) is 10.9 Å². The molecule has 5 nitrogen and oxygen atoms in total. The normalized spacial score (nSPS) is 14.7. The second-order valence-corrected chi connectivity index (χ2v) is 6.74. The van der Waals surface area contributed by atoms with E-state index in [1.165, 1.54) is 0 Å². The van der Waals surface area contributed by atoms with Gasteiger partial charge in [-0.2, -0.15) is 0 Å². The summed E-state index contributed by atoms with van der Waals surface area (Å²) in [6.45, 7) is 1.99. The minimum atomic E-state index is -0.998. The molecule has 2 amide bonds. The van der Waals surface area contributed by atoms with E-state index in [0.717, 1.165) is 16.5 Å². The highest BCUT2D eigenvalue weighted by molar-refractivity contribution is 6.18. The Kier molecular flexibility index (Phi) is 3.92. The van der Waals surface area contributed by atoms with E-state index in [0.29, 0.717) is 24.2 Å². The van der Waals surface area contributed by atoms with Crippen molar-refractivity contribution < 1.29 is 9.59 Å². The molecule has 0 radical (unpaired) electrons. The molecule has 1 aromatic heterocycles. The monoisotopic (exact) mass is 345 g/mol. The Morgan fingerprint density at radius 3 is 2.35 bits per heavy atom. The van der Waals surface area contributed by atoms with Gasteiger partial charge in [0.15, 0.2) is 0 Å². The zero-order valence-electron chi connectivity index (χ0n) is 14.5. The first-order valence-corrected chi connectivity index (χ1v) is 8.62. The summed E-state index contributed by atoms with van der Waals surface area (Å²) in [7, 11) is 0. The van der Waals surface area contributed by atoms with E-state index in [2.05, 4.69) is 15.6 Å². The summed E-state index contributed by atoms with van der Waals surface area (Å²) in [5, 5.41) is 6.71. The molecular formula is C21H19N3O2. The third-order valence-corrected chi connectivity index (χ3v) is 4.81. The van der Waals surface area contributed by atoms with Crippen molar-refractivity contribution in [1.82, 2.24) is 4.98 Å². The van der Waals surface area contributed by atoms with E-state index >= 15 is 0 Å². The molecule has 1 saturated carbocycles. The summed E-state index contributed by atoms with van der Waals surface area (Å²) >= 11 is 0. The highest BCUT2D eigenvalue weighted by atomic mass is 16.2. The lowest BCUT2D eigenvalue weighted by Gasteiger charge is -2.16. The third-order valence-electron chi connectivity index (χ3n) is 4.81. The summed E-state index contributed by atoms with van der Waals surface area (Å²) in [6, 6.07) is 16.9. The number of aromatic nitrogens is 1. The lowest BCUT2D eigenvalue weighted by atomic mass is 10.0. The van der Waals surface area contributed by atoms with Gasteiger partial charge < -0.3 is 10.6 Å². The van der Waals surface area contributed by atoms with Crippen LogP contribution in [-0.2, 0) is 9.59 Å². The highest BCUT2D eigenvalue weighted by Crippen LogP contribution is 2.47. The van der Waals surface area contributed by atoms with Crippen LogP contribution >= 0.6 is 0 Å². The minimum Gasteiger partial charge on any atom is -0.325 e. The molecule has 1 fully saturated rings. The van der Waals surface area contributed by atoms with Gasteiger partial charge in [-0.15, -0.1) is 0 Å². The van der Waals surface area contributed by atoms with Crippen molar-refractivity contribution in [2.45, 2.75) is 19.8 Å². The van der Waals surface area contributed by atoms with Crippen LogP contribution in [-0.4, -0.2) is 16.8 Å². The molecule has 0 unspecified atom stereocenters. The molecule has 1 aliphatic rings. The molecule has 0 bridgehead atoms. The number of carbonyl (C=O) groups is 2. The van der Waals surface area contributed by atoms with Crippen LogP contribution in [0.5, 0.6) is 0 Å². The standard InChI is InChI=1S/C21H19N3O2/c1-14-7-9-16(10-8-14)23-19(25)21(11-12-21)20(26)24-17-6-2-4-15-5-3-13-22-18(15)17/h2-10,13H,11-12H2,1H3,(H,23,25)(H,24,26). The van der Waals surface area contributed by atoms with Gasteiger partial charge in [0.2, 0.25) is 11.8 Å². The molecule has 1 aliphatic carbocycles. The summed E-state index contributed by atoms with van der Waals surface area (Å²) in [6.07, 6.45) is 2.79. The van der Waals surface area contributed by atoms with Gasteiger partial charge in [-0.05, 0) is 44.0 Å². The third kappa shape index (κ3) is 2.92. The molecule has 3 aromatic rings. The fourth-order valence-electron chi connectivity index (χ4n) is 3.02. The second-order valence-electron chi connectivity index (χ2n) is 6.74. The molecule has 5 heteroatoms. The van der Waals surface area contributed by atoms with E-state index < -0.39 is 5.41 Å². The zero-order valence-corrected chi connectivity index (χ0v) is 14.5. The van der Waals surface area contributed by atoms with Gasteiger partial charge in [0.1, 0.15) is 5.41 Å². The molecule has 26 heavy (non-hydrogen) atoms.